The van der Waals surface area contributed by atoms with Crippen molar-refractivity contribution in [3.8, 4) is 16.9 Å². The second-order valence-electron chi connectivity index (χ2n) is 4.28. The first kappa shape index (κ1) is 11.7. The zero-order chi connectivity index (χ0) is 13.2. The maximum absolute atomic E-state index is 13.0. The lowest BCUT2D eigenvalue weighted by molar-refractivity contribution is 0.628. The molecule has 1 radical (unpaired) electrons. The van der Waals surface area contributed by atoms with E-state index in [9.17, 15) is 4.39 Å². The molecule has 0 aliphatic rings. The molecule has 0 saturated heterocycles. The molecule has 19 heavy (non-hydrogen) atoms. The summed E-state index contributed by atoms with van der Waals surface area (Å²) in [4.78, 5) is 0. The van der Waals surface area contributed by atoms with E-state index in [0.29, 0.717) is 5.69 Å². The Morgan fingerprint density at radius 2 is 1.63 bits per heavy atom. The van der Waals surface area contributed by atoms with Gasteiger partial charge in [-0.1, -0.05) is 18.2 Å². The number of nitrogens with zero attached hydrogens (tertiary/aromatic N) is 2. The Balaban J connectivity index is 2.15. The topological polar surface area (TPSA) is 17.8 Å². The van der Waals surface area contributed by atoms with Crippen LogP contribution in [0.15, 0.2) is 60.7 Å². The highest BCUT2D eigenvalue weighted by Crippen LogP contribution is 2.23. The average molecular weight is 251 g/mol. The predicted octanol–water partition coefficient (Wildman–Crippen LogP) is 3.86. The van der Waals surface area contributed by atoms with Gasteiger partial charge in [0.2, 0.25) is 0 Å². The van der Waals surface area contributed by atoms with Crippen LogP contribution in [0, 0.1) is 12.7 Å². The van der Waals surface area contributed by atoms with Gasteiger partial charge in [0.25, 0.3) is 0 Å². The number of halogens is 1. The fourth-order valence-electron chi connectivity index (χ4n) is 2.02. The van der Waals surface area contributed by atoms with Gasteiger partial charge in [-0.05, 0) is 49.4 Å². The summed E-state index contributed by atoms with van der Waals surface area (Å²) in [7, 11) is 0. The number of benzene rings is 2. The van der Waals surface area contributed by atoms with Crippen LogP contribution in [-0.2, 0) is 0 Å². The van der Waals surface area contributed by atoms with Gasteiger partial charge in [0.05, 0.1) is 17.1 Å². The lowest BCUT2D eigenvalue weighted by Gasteiger charge is -2.07. The number of hydrogen-bond acceptors (Lipinski definition) is 1. The molecular formula is C16H12FN2. The summed E-state index contributed by atoms with van der Waals surface area (Å²) >= 11 is 0. The van der Waals surface area contributed by atoms with E-state index in [2.05, 4.69) is 12.0 Å². The summed E-state index contributed by atoms with van der Waals surface area (Å²) in [5, 5.41) is 4.39. The van der Waals surface area contributed by atoms with Crippen molar-refractivity contribution in [1.82, 2.24) is 9.78 Å². The Hall–Kier alpha value is -2.42. The van der Waals surface area contributed by atoms with Gasteiger partial charge in [-0.25, -0.2) is 9.07 Å². The van der Waals surface area contributed by atoms with Crippen LogP contribution < -0.4 is 0 Å². The highest BCUT2D eigenvalue weighted by molar-refractivity contribution is 5.62. The zero-order valence-corrected chi connectivity index (χ0v) is 10.3. The molecule has 2 aromatic carbocycles. The van der Waals surface area contributed by atoms with Crippen LogP contribution in [-0.4, -0.2) is 9.78 Å². The first-order valence-corrected chi connectivity index (χ1v) is 5.97. The molecule has 0 amide bonds. The zero-order valence-electron chi connectivity index (χ0n) is 10.3. The summed E-state index contributed by atoms with van der Waals surface area (Å²) in [6, 6.07) is 18.1. The fourth-order valence-corrected chi connectivity index (χ4v) is 2.02. The van der Waals surface area contributed by atoms with Crippen molar-refractivity contribution in [3.63, 3.8) is 0 Å². The highest BCUT2D eigenvalue weighted by atomic mass is 19.1. The predicted molar refractivity (Wildman–Crippen MR) is 73.4 cm³/mol. The molecular weight excluding hydrogens is 239 g/mol. The summed E-state index contributed by atoms with van der Waals surface area (Å²) in [5.41, 5.74) is 3.45. The minimum Gasteiger partial charge on any atom is -0.233 e. The van der Waals surface area contributed by atoms with E-state index in [1.807, 2.05) is 41.1 Å². The van der Waals surface area contributed by atoms with Gasteiger partial charge in [-0.3, -0.25) is 0 Å². The Bertz CT molecular complexity index is 685. The van der Waals surface area contributed by atoms with Crippen LogP contribution in [0.2, 0.25) is 0 Å². The lowest BCUT2D eigenvalue weighted by Crippen LogP contribution is -1.98. The molecule has 1 heterocycles. The Labute approximate surface area is 111 Å². The van der Waals surface area contributed by atoms with Crippen LogP contribution in [0.1, 0.15) is 5.69 Å². The summed E-state index contributed by atoms with van der Waals surface area (Å²) in [5.74, 6) is -0.246. The van der Waals surface area contributed by atoms with Crippen LogP contribution in [0.4, 0.5) is 4.39 Å². The van der Waals surface area contributed by atoms with Crippen LogP contribution >= 0.6 is 0 Å². The molecule has 0 fully saturated rings. The van der Waals surface area contributed by atoms with Crippen molar-refractivity contribution in [1.29, 1.82) is 0 Å². The monoisotopic (exact) mass is 251 g/mol. The van der Waals surface area contributed by atoms with E-state index in [-0.39, 0.29) is 5.82 Å². The molecule has 3 heteroatoms. The molecule has 3 rings (SSSR count). The standard InChI is InChI=1S/C16H12FN2/c1-12-11-16(13-7-9-14(17)10-8-13)19(18-12)15-5-3-2-4-6-15/h2-11H,1H2. The van der Waals surface area contributed by atoms with E-state index in [0.717, 1.165) is 16.9 Å². The van der Waals surface area contributed by atoms with Crippen molar-refractivity contribution in [2.45, 2.75) is 0 Å². The molecule has 0 unspecified atom stereocenters. The van der Waals surface area contributed by atoms with Gasteiger partial charge < -0.3 is 0 Å². The van der Waals surface area contributed by atoms with Gasteiger partial charge in [0.1, 0.15) is 5.82 Å². The van der Waals surface area contributed by atoms with E-state index < -0.39 is 0 Å². The number of aromatic nitrogens is 2. The summed E-state index contributed by atoms with van der Waals surface area (Å²) in [6.07, 6.45) is 0. The third-order valence-electron chi connectivity index (χ3n) is 2.90. The lowest BCUT2D eigenvalue weighted by atomic mass is 10.1. The van der Waals surface area contributed by atoms with Gasteiger partial charge in [-0.2, -0.15) is 5.10 Å². The third-order valence-corrected chi connectivity index (χ3v) is 2.90. The molecule has 1 aromatic heterocycles. The average Bonchev–Trinajstić information content (AvgIpc) is 2.83. The molecule has 0 bridgehead atoms. The van der Waals surface area contributed by atoms with Crippen molar-refractivity contribution < 1.29 is 4.39 Å². The van der Waals surface area contributed by atoms with Crippen LogP contribution in [0.25, 0.3) is 16.9 Å². The number of hydrogen-bond donors (Lipinski definition) is 0. The fraction of sp³-hybridized carbons (Fsp3) is 0. The second kappa shape index (κ2) is 4.69. The summed E-state index contributed by atoms with van der Waals surface area (Å²) in [6.45, 7) is 3.86. The Morgan fingerprint density at radius 3 is 2.32 bits per heavy atom. The van der Waals surface area contributed by atoms with Gasteiger partial charge in [0, 0.05) is 5.56 Å². The molecule has 2 nitrogen and oxygen atoms in total. The minimum atomic E-state index is -0.246. The molecule has 0 aliphatic carbocycles. The molecule has 0 N–H and O–H groups in total. The quantitative estimate of drug-likeness (QED) is 0.676. The molecule has 93 valence electrons. The minimum absolute atomic E-state index is 0.246. The number of rotatable bonds is 2. The highest BCUT2D eigenvalue weighted by Gasteiger charge is 2.09. The molecule has 0 aliphatic heterocycles. The maximum atomic E-state index is 13.0. The largest absolute Gasteiger partial charge is 0.233 e. The normalized spacial score (nSPS) is 10.6. The molecule has 0 atom stereocenters. The van der Waals surface area contributed by atoms with Crippen molar-refractivity contribution in [2.24, 2.45) is 0 Å². The second-order valence-corrected chi connectivity index (χ2v) is 4.28. The van der Waals surface area contributed by atoms with E-state index in [1.54, 1.807) is 12.1 Å². The van der Waals surface area contributed by atoms with E-state index in [4.69, 9.17) is 0 Å². The van der Waals surface area contributed by atoms with E-state index in [1.165, 1.54) is 12.1 Å². The molecule has 0 spiro atoms. The van der Waals surface area contributed by atoms with E-state index >= 15 is 0 Å². The first-order chi connectivity index (χ1) is 9.24. The third kappa shape index (κ3) is 2.27. The van der Waals surface area contributed by atoms with Crippen LogP contribution in [0.3, 0.4) is 0 Å². The van der Waals surface area contributed by atoms with Crippen molar-refractivity contribution in [3.05, 3.63) is 79.1 Å². The SMILES string of the molecule is [CH2]c1cc(-c2ccc(F)cc2)n(-c2ccccc2)n1. The Kier molecular flexibility index (Phi) is 2.88. The van der Waals surface area contributed by atoms with Crippen LogP contribution in [0.5, 0.6) is 0 Å². The van der Waals surface area contributed by atoms with Gasteiger partial charge in [0.15, 0.2) is 0 Å². The first-order valence-electron chi connectivity index (χ1n) is 5.97. The smallest absolute Gasteiger partial charge is 0.123 e. The number of para-hydroxylation sites is 1. The van der Waals surface area contributed by atoms with Gasteiger partial charge >= 0.3 is 0 Å². The molecule has 0 saturated carbocycles. The van der Waals surface area contributed by atoms with Gasteiger partial charge in [-0.15, -0.1) is 0 Å². The summed E-state index contributed by atoms with van der Waals surface area (Å²) < 4.78 is 14.8. The van der Waals surface area contributed by atoms with Crippen molar-refractivity contribution in [2.75, 3.05) is 0 Å². The maximum Gasteiger partial charge on any atom is 0.123 e. The Morgan fingerprint density at radius 1 is 0.947 bits per heavy atom. The molecule has 3 aromatic rings. The van der Waals surface area contributed by atoms with Crippen molar-refractivity contribution >= 4 is 0 Å².